The molecule has 2 fully saturated rings. The third-order valence-corrected chi connectivity index (χ3v) is 23.1. The van der Waals surface area contributed by atoms with Gasteiger partial charge in [0.05, 0.1) is 40.0 Å². The van der Waals surface area contributed by atoms with Crippen LogP contribution < -0.4 is 36.7 Å². The number of H-pyrrole nitrogens is 1. The van der Waals surface area contributed by atoms with E-state index in [4.69, 9.17) is 53.1 Å². The Hall–Kier alpha value is -12.2. The van der Waals surface area contributed by atoms with Gasteiger partial charge in [-0.1, -0.05) is 75.4 Å². The number of aryl methyl sites for hydroxylation is 2. The fraction of sp³-hybridized carbons (Fsp3) is 0.313. The minimum Gasteiger partial charge on any atom is -0.497 e. The number of ketones is 1. The highest BCUT2D eigenvalue weighted by Gasteiger charge is 2.54. The zero-order chi connectivity index (χ0) is 77.5. The van der Waals surface area contributed by atoms with Gasteiger partial charge in [-0.25, -0.2) is 9.59 Å². The fourth-order valence-electron chi connectivity index (χ4n) is 10.8. The van der Waals surface area contributed by atoms with Gasteiger partial charge in [-0.2, -0.15) is 4.57 Å². The third kappa shape index (κ3) is 21.1. The van der Waals surface area contributed by atoms with Crippen LogP contribution >= 0.6 is 7.60 Å². The van der Waals surface area contributed by atoms with Crippen molar-refractivity contribution in [3.63, 3.8) is 0 Å². The number of aromatic nitrogens is 4. The standard InChI is InChI=1S/C83H73N4O18PSi.22H2/c1-14-15-16-17-18-19-20-21-22-23-24-25-26-27-28-29-30-31-32-36-51-98-68-53-62(52-58(2)61(68)5)78(92)87-72(89)49-50-85(81(87)94)79-76(105-107(12,13)82(6,7)8)75(103-74(90)48-39-60(4)88)71(102-79)57-100-106(11,95)104-69-54-73(86-55-59(3)77(91)84-80(86)93)101-70(69)56-99-83(63-37-34-33-35-38-63,64-40-44-66(96-9)45-41-64)65-42-46-67(97-10)47-43-65;;;;;;;;;;;;;;;;;;;;;;/h1,33-35,37-38,40-47,49-50,52-53,55,69-71,73,75-76,79H,39,48,54,56-57H2,2-13H3,(H,84,91,93);22*1H/t69-,70-,71-,73-,75+,76?,79-,106?;;;;;;;;;;;;;;;;;;;;;;/m1....................../s1. The molecule has 0 saturated carbocycles. The summed E-state index contributed by atoms with van der Waals surface area (Å²) in [5, 5.41) is -0.546. The monoisotopic (exact) mass is 1520 g/mol. The normalized spacial score (nSPS) is 17.2. The largest absolute Gasteiger partial charge is 0.497 e. The lowest BCUT2D eigenvalue weighted by Crippen LogP contribution is -2.51. The predicted molar refractivity (Wildman–Crippen MR) is 447 cm³/mol. The van der Waals surface area contributed by atoms with E-state index in [0.717, 1.165) is 16.8 Å². The number of hydrogen-bond acceptors (Lipinski definition) is 18. The maximum Gasteiger partial charge on any atom is 0.340 e. The van der Waals surface area contributed by atoms with Crippen molar-refractivity contribution < 1.29 is 97.0 Å². The Balaban J connectivity index is -0.000000454. The molecule has 2 unspecified atom stereocenters. The molecule has 1 N–H and O–H groups in total. The molecule has 0 spiro atoms. The summed E-state index contributed by atoms with van der Waals surface area (Å²) in [6.45, 7) is 16.1. The topological polar surface area (TPSA) is 259 Å². The van der Waals surface area contributed by atoms with Crippen LogP contribution in [0, 0.1) is 152 Å². The summed E-state index contributed by atoms with van der Waals surface area (Å²) < 4.78 is 81.4. The number of benzene rings is 4. The lowest BCUT2D eigenvalue weighted by atomic mass is 9.80. The molecule has 22 nitrogen and oxygen atoms in total. The van der Waals surface area contributed by atoms with Crippen LogP contribution in [0.25, 0.3) is 0 Å². The molecule has 0 radical (unpaired) electrons. The number of carbonyl (C=O) groups is 3. The second kappa shape index (κ2) is 37.0. The smallest absolute Gasteiger partial charge is 0.340 e. The van der Waals surface area contributed by atoms with Crippen molar-refractivity contribution in [2.75, 3.05) is 34.1 Å². The molecule has 24 heteroatoms. The van der Waals surface area contributed by atoms with Crippen LogP contribution in [-0.4, -0.2) is 109 Å². The van der Waals surface area contributed by atoms with Crippen molar-refractivity contribution in [1.82, 2.24) is 18.7 Å². The predicted octanol–water partition coefficient (Wildman–Crippen LogP) is 13.7. The van der Waals surface area contributed by atoms with Crippen LogP contribution in [0.3, 0.4) is 0 Å². The molecule has 2 aliphatic heterocycles. The van der Waals surface area contributed by atoms with Gasteiger partial charge >= 0.3 is 24.9 Å². The highest BCUT2D eigenvalue weighted by atomic mass is 31.2. The van der Waals surface area contributed by atoms with Crippen molar-refractivity contribution >= 4 is 33.6 Å². The molecule has 0 amide bonds. The first-order valence-corrected chi connectivity index (χ1v) is 38.0. The number of terminal acetylenes is 1. The Kier molecular flexibility index (Phi) is 27.8. The minimum atomic E-state index is -4.43. The number of aromatic amines is 1. The van der Waals surface area contributed by atoms with Crippen LogP contribution in [-0.2, 0) is 52.2 Å². The molecule has 586 valence electrons. The highest BCUT2D eigenvalue weighted by Crippen LogP contribution is 2.51. The quantitative estimate of drug-likeness (QED) is 0.0205. The number of hydrogen-bond donors (Lipinski definition) is 1. The van der Waals surface area contributed by atoms with Gasteiger partial charge in [-0.3, -0.25) is 37.9 Å². The van der Waals surface area contributed by atoms with E-state index >= 15 is 9.36 Å². The Bertz CT molecular complexity index is 5480. The van der Waals surface area contributed by atoms with E-state index in [1.807, 2.05) is 88.5 Å². The fourth-order valence-corrected chi connectivity index (χ4v) is 13.2. The first kappa shape index (κ1) is 80.5. The summed E-state index contributed by atoms with van der Waals surface area (Å²) >= 11 is 0. The van der Waals surface area contributed by atoms with Gasteiger partial charge in [-0.05, 0) is 157 Å². The third-order valence-electron chi connectivity index (χ3n) is 17.3. The van der Waals surface area contributed by atoms with Gasteiger partial charge < -0.3 is 51.4 Å². The van der Waals surface area contributed by atoms with Crippen LogP contribution in [0.1, 0.15) is 135 Å². The molecule has 8 rings (SSSR count). The Morgan fingerprint density at radius 2 is 1.21 bits per heavy atom. The second-order valence-corrected chi connectivity index (χ2v) is 32.3. The zero-order valence-electron chi connectivity index (χ0n) is 60.7. The summed E-state index contributed by atoms with van der Waals surface area (Å²) in [5.41, 5.74) is -1.85. The average Bonchev–Trinajstić information content (AvgIpc) is 1.52. The SMILES string of the molecule is C#CC#CC#CC#CC#CC#CC#CC#CC#CC#CC#COc1cc(C(=O)n2c(=O)ccn([C@@H]3O[C@H](COP(C)(=O)O[C@@H]4C[C@H](n5cc(C)c(=O)[nH]c5=O)O[C@@H]4COC(c4ccccc4)(c4ccc(OC)cc4)c4ccc(OC)cc4)[C@H](OC(=O)CCC(C)=O)C3O[Si](C)(C)C(C)(C)C)c2=O)cc(C)c1C.[HH].[HH].[HH].[HH].[HH].[HH].[HH].[HH].[HH].[HH].[HH].[HH].[HH].[HH].[HH].[HH].[HH].[HH].[HH].[HH].[HH].[HH]. The van der Waals surface area contributed by atoms with E-state index in [9.17, 15) is 28.8 Å². The molecule has 6 aromatic rings. The summed E-state index contributed by atoms with van der Waals surface area (Å²) in [4.78, 5) is 98.7. The Morgan fingerprint density at radius 1 is 0.673 bits per heavy atom. The van der Waals surface area contributed by atoms with Crippen molar-refractivity contribution in [2.24, 2.45) is 0 Å². The molecule has 2 aromatic heterocycles. The number of ether oxygens (including phenoxy) is 7. The average molecular weight is 1520 g/mol. The van der Waals surface area contributed by atoms with Gasteiger partial charge in [-0.15, -0.1) is 6.42 Å². The number of rotatable bonds is 23. The zero-order valence-corrected chi connectivity index (χ0v) is 62.6. The van der Waals surface area contributed by atoms with Gasteiger partial charge in [0.25, 0.3) is 17.0 Å². The Labute approximate surface area is 654 Å². The molecule has 0 bridgehead atoms. The van der Waals surface area contributed by atoms with Crippen molar-refractivity contribution in [2.45, 2.75) is 134 Å². The van der Waals surface area contributed by atoms with E-state index in [1.54, 1.807) is 52.3 Å². The van der Waals surface area contributed by atoms with Crippen molar-refractivity contribution in [1.29, 1.82) is 0 Å². The second-order valence-electron chi connectivity index (χ2n) is 25.6. The Morgan fingerprint density at radius 3 is 1.75 bits per heavy atom. The summed E-state index contributed by atoms with van der Waals surface area (Å²) in [6.07, 6.45) is -0.229. The molecule has 4 heterocycles. The molecule has 107 heavy (non-hydrogen) atoms. The van der Waals surface area contributed by atoms with Crippen LogP contribution in [0.2, 0.25) is 18.1 Å². The van der Waals surface area contributed by atoms with E-state index in [0.29, 0.717) is 43.9 Å². The maximum absolute atomic E-state index is 15.3. The number of nitrogens with one attached hydrogen (secondary N) is 1. The van der Waals surface area contributed by atoms with E-state index < -0.39 is 111 Å². The molecule has 2 saturated heterocycles. The lowest BCUT2D eigenvalue weighted by molar-refractivity contribution is -0.156. The van der Waals surface area contributed by atoms with Crippen molar-refractivity contribution in [3.8, 4) is 148 Å². The van der Waals surface area contributed by atoms with E-state index in [-0.39, 0.29) is 79.9 Å². The number of esters is 1. The summed E-state index contributed by atoms with van der Waals surface area (Å²) in [5.74, 6) is 48.2. The molecular weight excluding hydrogens is 1400 g/mol. The number of carbonyl (C=O) groups excluding carboxylic acids is 3. The van der Waals surface area contributed by atoms with Crippen LogP contribution in [0.15, 0.2) is 129 Å². The van der Waals surface area contributed by atoms with Gasteiger partial charge in [0.1, 0.15) is 59.3 Å². The molecule has 8 atom stereocenters. The molecule has 0 aliphatic carbocycles. The number of nitrogens with zero attached hydrogens (tertiary/aromatic N) is 3. The molecule has 2 aliphatic rings. The van der Waals surface area contributed by atoms with Crippen LogP contribution in [0.4, 0.5) is 0 Å². The first-order valence-electron chi connectivity index (χ1n) is 33.1. The van der Waals surface area contributed by atoms with E-state index in [1.165, 1.54) is 43.4 Å². The van der Waals surface area contributed by atoms with Gasteiger partial charge in [0, 0.05) is 152 Å². The minimum absolute atomic E-state index is 0. The van der Waals surface area contributed by atoms with E-state index in [2.05, 4.69) is 129 Å². The molecular formula is C83H117N4O18PSi. The number of methoxy groups -OCH3 is 2. The summed E-state index contributed by atoms with van der Waals surface area (Å²) in [6, 6.07) is 27.8. The first-order chi connectivity index (χ1) is 51.1. The van der Waals surface area contributed by atoms with Gasteiger partial charge in [0.2, 0.25) is 0 Å². The summed E-state index contributed by atoms with van der Waals surface area (Å²) in [7, 11) is -4.37. The lowest BCUT2D eigenvalue weighted by Gasteiger charge is -2.40. The number of Topliss-reactive ketones (excluding diaryl/α,β-unsaturated/α-hetero) is 1. The maximum atomic E-state index is 15.3. The molecule has 4 aromatic carbocycles. The van der Waals surface area contributed by atoms with Gasteiger partial charge in [0.15, 0.2) is 20.6 Å². The highest BCUT2D eigenvalue weighted by molar-refractivity contribution is 7.53. The van der Waals surface area contributed by atoms with Crippen LogP contribution in [0.5, 0.6) is 17.2 Å². The van der Waals surface area contributed by atoms with Crippen molar-refractivity contribution in [3.05, 3.63) is 190 Å².